The summed E-state index contributed by atoms with van der Waals surface area (Å²) in [6.07, 6.45) is -0.526. The molecule has 0 saturated carbocycles. The van der Waals surface area contributed by atoms with Crippen molar-refractivity contribution in [3.05, 3.63) is 69.4 Å². The molecule has 1 N–H and O–H groups in total. The summed E-state index contributed by atoms with van der Waals surface area (Å²) in [7, 11) is 0. The average Bonchev–Trinajstić information content (AvgIpc) is 2.71. The summed E-state index contributed by atoms with van der Waals surface area (Å²) in [6.45, 7) is 1.64. The van der Waals surface area contributed by atoms with Crippen molar-refractivity contribution in [2.75, 3.05) is 13.1 Å². The standard InChI is InChI=1S/C19H19ClN2/c20-16-5-6-17-15(12-16)4-3-14-2-1-9-22-19(14)18(17)13-7-10-21-11-8-13/h1-2,5-6,9,12,21H,3-4,7-8,10-11H2/i1D,2D,3D2,9D. The van der Waals surface area contributed by atoms with Gasteiger partial charge in [0, 0.05) is 19.5 Å². The lowest BCUT2D eigenvalue weighted by atomic mass is 9.89. The number of aromatic nitrogens is 1. The first-order valence-electron chi connectivity index (χ1n) is 10.00. The van der Waals surface area contributed by atoms with Crippen molar-refractivity contribution in [2.24, 2.45) is 0 Å². The molecule has 2 nitrogen and oxygen atoms in total. The molecule has 1 aliphatic carbocycles. The number of halogens is 1. The van der Waals surface area contributed by atoms with Crippen LogP contribution in [0.5, 0.6) is 0 Å². The van der Waals surface area contributed by atoms with Crippen molar-refractivity contribution >= 4 is 17.2 Å². The first-order chi connectivity index (χ1) is 12.8. The molecule has 112 valence electrons. The Bertz CT molecular complexity index is 963. The second-order valence-corrected chi connectivity index (χ2v) is 6.02. The zero-order chi connectivity index (χ0) is 19.3. The Morgan fingerprint density at radius 2 is 2.05 bits per heavy atom. The van der Waals surface area contributed by atoms with Gasteiger partial charge in [0.2, 0.25) is 0 Å². The molecule has 2 heterocycles. The van der Waals surface area contributed by atoms with Crippen LogP contribution in [0, 0.1) is 0 Å². The van der Waals surface area contributed by atoms with E-state index in [0.29, 0.717) is 10.7 Å². The third kappa shape index (κ3) is 2.47. The molecule has 0 spiro atoms. The lowest BCUT2D eigenvalue weighted by molar-refractivity contribution is 0.611. The number of rotatable bonds is 0. The monoisotopic (exact) mass is 315 g/mol. The fourth-order valence-corrected chi connectivity index (χ4v) is 3.39. The predicted molar refractivity (Wildman–Crippen MR) is 91.2 cm³/mol. The SMILES string of the molecule is [2H]c1nc2c(c([2H])c1[2H])C([2H])([2H])Cc1cc(Cl)ccc1C2=C1CCNCC1. The van der Waals surface area contributed by atoms with E-state index in [1.165, 1.54) is 0 Å². The number of benzene rings is 1. The molecule has 4 rings (SSSR count). The van der Waals surface area contributed by atoms with E-state index >= 15 is 0 Å². The summed E-state index contributed by atoms with van der Waals surface area (Å²) in [5, 5.41) is 3.85. The van der Waals surface area contributed by atoms with Crippen LogP contribution >= 0.6 is 11.6 Å². The Kier molecular flexibility index (Phi) is 2.53. The summed E-state index contributed by atoms with van der Waals surface area (Å²) in [6, 6.07) is 4.86. The topological polar surface area (TPSA) is 24.9 Å². The number of nitrogens with zero attached hydrogens (tertiary/aromatic N) is 1. The van der Waals surface area contributed by atoms with Crippen molar-refractivity contribution in [3.8, 4) is 0 Å². The van der Waals surface area contributed by atoms with Crippen molar-refractivity contribution in [1.29, 1.82) is 0 Å². The number of hydrogen-bond donors (Lipinski definition) is 1. The summed E-state index contributed by atoms with van der Waals surface area (Å²) in [5.74, 6) is 0. The van der Waals surface area contributed by atoms with Crippen LogP contribution in [0.2, 0.25) is 5.02 Å². The molecule has 0 unspecified atom stereocenters. The van der Waals surface area contributed by atoms with E-state index in [4.69, 9.17) is 18.5 Å². The Labute approximate surface area is 143 Å². The van der Waals surface area contributed by atoms with Gasteiger partial charge in [-0.15, -0.1) is 0 Å². The van der Waals surface area contributed by atoms with Gasteiger partial charge in [0.1, 0.15) is 0 Å². The summed E-state index contributed by atoms with van der Waals surface area (Å²) < 4.78 is 41.7. The Hall–Kier alpha value is -1.64. The first kappa shape index (κ1) is 9.49. The highest BCUT2D eigenvalue weighted by molar-refractivity contribution is 6.30. The normalized spacial score (nSPS) is 23.2. The van der Waals surface area contributed by atoms with Crippen LogP contribution in [0.1, 0.15) is 42.1 Å². The van der Waals surface area contributed by atoms with E-state index in [0.717, 1.165) is 48.2 Å². The van der Waals surface area contributed by atoms with E-state index in [-0.39, 0.29) is 30.2 Å². The largest absolute Gasteiger partial charge is 0.316 e. The molecule has 1 aromatic heterocycles. The van der Waals surface area contributed by atoms with Crippen LogP contribution in [-0.4, -0.2) is 18.1 Å². The van der Waals surface area contributed by atoms with Crippen LogP contribution in [0.15, 0.2) is 42.0 Å². The maximum Gasteiger partial charge on any atom is 0.0840 e. The fraction of sp³-hybridized carbons (Fsp3) is 0.316. The van der Waals surface area contributed by atoms with Gasteiger partial charge in [-0.05, 0) is 73.6 Å². The molecular weight excluding hydrogens is 292 g/mol. The van der Waals surface area contributed by atoms with E-state index in [1.54, 1.807) is 12.1 Å². The van der Waals surface area contributed by atoms with Gasteiger partial charge in [-0.25, -0.2) is 0 Å². The molecule has 0 bridgehead atoms. The minimum atomic E-state index is -1.88. The van der Waals surface area contributed by atoms with Gasteiger partial charge in [-0.2, -0.15) is 0 Å². The van der Waals surface area contributed by atoms with Gasteiger partial charge in [0.05, 0.1) is 9.81 Å². The average molecular weight is 316 g/mol. The second kappa shape index (κ2) is 5.86. The Morgan fingerprint density at radius 1 is 1.18 bits per heavy atom. The molecule has 0 atom stereocenters. The van der Waals surface area contributed by atoms with Crippen LogP contribution in [0.4, 0.5) is 0 Å². The van der Waals surface area contributed by atoms with Crippen molar-refractivity contribution in [1.82, 2.24) is 10.3 Å². The number of fused-ring (bicyclic) bond motifs is 2. The van der Waals surface area contributed by atoms with Crippen LogP contribution in [0.25, 0.3) is 5.57 Å². The molecule has 0 radical (unpaired) electrons. The molecule has 0 amide bonds. The quantitative estimate of drug-likeness (QED) is 0.794. The number of hydrogen-bond acceptors (Lipinski definition) is 2. The Morgan fingerprint density at radius 3 is 2.91 bits per heavy atom. The highest BCUT2D eigenvalue weighted by atomic mass is 35.5. The zero-order valence-corrected chi connectivity index (χ0v) is 12.8. The highest BCUT2D eigenvalue weighted by Gasteiger charge is 2.23. The van der Waals surface area contributed by atoms with E-state index < -0.39 is 6.37 Å². The predicted octanol–water partition coefficient (Wildman–Crippen LogP) is 4.02. The lowest BCUT2D eigenvalue weighted by Crippen LogP contribution is -2.24. The summed E-state index contributed by atoms with van der Waals surface area (Å²) in [4.78, 5) is 4.32. The third-order valence-electron chi connectivity index (χ3n) is 4.24. The van der Waals surface area contributed by atoms with Crippen LogP contribution < -0.4 is 5.32 Å². The summed E-state index contributed by atoms with van der Waals surface area (Å²) >= 11 is 6.19. The third-order valence-corrected chi connectivity index (χ3v) is 4.47. The maximum absolute atomic E-state index is 8.65. The maximum atomic E-state index is 8.65. The molecular formula is C19H19ClN2. The highest BCUT2D eigenvalue weighted by Crippen LogP contribution is 2.37. The van der Waals surface area contributed by atoms with E-state index in [1.807, 2.05) is 6.07 Å². The molecule has 1 aromatic carbocycles. The van der Waals surface area contributed by atoms with E-state index in [9.17, 15) is 0 Å². The smallest absolute Gasteiger partial charge is 0.0840 e. The number of pyridine rings is 1. The molecule has 2 aliphatic rings. The van der Waals surface area contributed by atoms with E-state index in [2.05, 4.69) is 10.3 Å². The van der Waals surface area contributed by atoms with Gasteiger partial charge in [0.25, 0.3) is 0 Å². The minimum absolute atomic E-state index is 0.0509. The summed E-state index contributed by atoms with van der Waals surface area (Å²) in [5.41, 5.74) is 4.02. The van der Waals surface area contributed by atoms with Crippen LogP contribution in [-0.2, 0) is 12.8 Å². The fourth-order valence-electron chi connectivity index (χ4n) is 3.20. The molecule has 3 heteroatoms. The van der Waals surface area contributed by atoms with Gasteiger partial charge in [-0.3, -0.25) is 4.98 Å². The zero-order valence-electron chi connectivity index (χ0n) is 17.1. The minimum Gasteiger partial charge on any atom is -0.316 e. The molecule has 2 aromatic rings. The molecule has 1 saturated heterocycles. The second-order valence-electron chi connectivity index (χ2n) is 5.58. The van der Waals surface area contributed by atoms with Gasteiger partial charge < -0.3 is 5.32 Å². The number of nitrogens with one attached hydrogen (secondary N) is 1. The van der Waals surface area contributed by atoms with Gasteiger partial charge in [-0.1, -0.05) is 29.3 Å². The first-order valence-corrected chi connectivity index (χ1v) is 7.87. The lowest BCUT2D eigenvalue weighted by Gasteiger charge is -2.21. The van der Waals surface area contributed by atoms with Crippen molar-refractivity contribution < 1.29 is 6.85 Å². The van der Waals surface area contributed by atoms with Crippen LogP contribution in [0.3, 0.4) is 0 Å². The molecule has 1 fully saturated rings. The van der Waals surface area contributed by atoms with Crippen molar-refractivity contribution in [3.63, 3.8) is 0 Å². The number of piperidine rings is 1. The van der Waals surface area contributed by atoms with Gasteiger partial charge in [0.15, 0.2) is 0 Å². The van der Waals surface area contributed by atoms with Crippen molar-refractivity contribution in [2.45, 2.75) is 25.6 Å². The Balaban J connectivity index is 2.12. The van der Waals surface area contributed by atoms with Gasteiger partial charge >= 0.3 is 0 Å². The number of aryl methyl sites for hydroxylation is 1. The molecule has 22 heavy (non-hydrogen) atoms. The molecule has 1 aliphatic heterocycles.